The Morgan fingerprint density at radius 1 is 1.29 bits per heavy atom. The zero-order valence-corrected chi connectivity index (χ0v) is 9.80. The van der Waals surface area contributed by atoms with Crippen molar-refractivity contribution in [1.82, 2.24) is 15.0 Å². The Bertz CT molecular complexity index is 424. The van der Waals surface area contributed by atoms with Crippen LogP contribution in [0, 0.1) is 17.2 Å². The normalized spacial score (nSPS) is 22.5. The summed E-state index contributed by atoms with van der Waals surface area (Å²) >= 11 is 0. The van der Waals surface area contributed by atoms with E-state index in [1.807, 2.05) is 0 Å². The molecule has 1 aromatic rings. The van der Waals surface area contributed by atoms with E-state index >= 15 is 0 Å². The third kappa shape index (κ3) is 2.47. The van der Waals surface area contributed by atoms with Crippen molar-refractivity contribution in [2.24, 2.45) is 5.92 Å². The van der Waals surface area contributed by atoms with Crippen LogP contribution in [0.4, 0.5) is 0 Å². The molecule has 2 heterocycles. The molecule has 3 rings (SSSR count). The molecule has 2 aliphatic rings. The summed E-state index contributed by atoms with van der Waals surface area (Å²) in [6, 6.07) is 2.34. The van der Waals surface area contributed by atoms with Crippen molar-refractivity contribution in [2.45, 2.75) is 38.1 Å². The maximum absolute atomic E-state index is 8.83. The zero-order valence-electron chi connectivity index (χ0n) is 9.80. The Balaban J connectivity index is 1.54. The molecular formula is C12H16N4O. The fourth-order valence-electron chi connectivity index (χ4n) is 2.25. The number of rotatable bonds is 3. The summed E-state index contributed by atoms with van der Waals surface area (Å²) in [5.74, 6) is 2.37. The van der Waals surface area contributed by atoms with Crippen LogP contribution in [-0.2, 0) is 6.54 Å². The number of aromatic nitrogens is 2. The molecule has 0 radical (unpaired) electrons. The van der Waals surface area contributed by atoms with Gasteiger partial charge in [-0.05, 0) is 38.8 Å². The maximum Gasteiger partial charge on any atom is 0.229 e. The van der Waals surface area contributed by atoms with Crippen LogP contribution in [0.2, 0.25) is 0 Å². The highest BCUT2D eigenvalue weighted by Crippen LogP contribution is 2.38. The molecule has 0 atom stereocenters. The highest BCUT2D eigenvalue weighted by atomic mass is 16.5. The quantitative estimate of drug-likeness (QED) is 0.793. The second-order valence-corrected chi connectivity index (χ2v) is 5.00. The molecule has 90 valence electrons. The van der Waals surface area contributed by atoms with Gasteiger partial charge < -0.3 is 4.52 Å². The number of hydrogen-bond donors (Lipinski definition) is 0. The van der Waals surface area contributed by atoms with Crippen molar-refractivity contribution in [1.29, 1.82) is 5.26 Å². The third-order valence-corrected chi connectivity index (χ3v) is 3.55. The summed E-state index contributed by atoms with van der Waals surface area (Å²) in [4.78, 5) is 6.72. The lowest BCUT2D eigenvalue weighted by Crippen LogP contribution is -2.33. The maximum atomic E-state index is 8.83. The molecule has 0 N–H and O–H groups in total. The third-order valence-electron chi connectivity index (χ3n) is 3.55. The van der Waals surface area contributed by atoms with Crippen LogP contribution < -0.4 is 0 Å². The average molecular weight is 232 g/mol. The van der Waals surface area contributed by atoms with E-state index in [2.05, 4.69) is 21.1 Å². The van der Waals surface area contributed by atoms with Crippen LogP contribution in [0.1, 0.15) is 43.3 Å². The zero-order chi connectivity index (χ0) is 11.7. The number of nitriles is 1. The fraction of sp³-hybridized carbons (Fsp3) is 0.750. The van der Waals surface area contributed by atoms with E-state index in [9.17, 15) is 0 Å². The summed E-state index contributed by atoms with van der Waals surface area (Å²) < 4.78 is 5.23. The minimum atomic E-state index is 0.235. The van der Waals surface area contributed by atoms with Crippen LogP contribution in [0.25, 0.3) is 0 Å². The number of hydrogen-bond acceptors (Lipinski definition) is 5. The van der Waals surface area contributed by atoms with Gasteiger partial charge in [-0.25, -0.2) is 0 Å². The van der Waals surface area contributed by atoms with Gasteiger partial charge in [0.05, 0.1) is 12.6 Å². The molecule has 0 spiro atoms. The monoisotopic (exact) mass is 232 g/mol. The number of likely N-dealkylation sites (tertiary alicyclic amines) is 1. The van der Waals surface area contributed by atoms with Crippen molar-refractivity contribution in [2.75, 3.05) is 13.1 Å². The van der Waals surface area contributed by atoms with E-state index in [0.29, 0.717) is 5.92 Å². The van der Waals surface area contributed by atoms with Gasteiger partial charge in [0.25, 0.3) is 0 Å². The van der Waals surface area contributed by atoms with Crippen LogP contribution in [-0.4, -0.2) is 28.1 Å². The van der Waals surface area contributed by atoms with Crippen molar-refractivity contribution < 1.29 is 4.52 Å². The summed E-state index contributed by atoms with van der Waals surface area (Å²) in [5.41, 5.74) is 0. The SMILES string of the molecule is N#CC1CCN(Cc2noc(C3CC3)n2)CC1. The minimum Gasteiger partial charge on any atom is -0.339 e. The Labute approximate surface area is 100 Å². The summed E-state index contributed by atoms with van der Waals surface area (Å²) in [5, 5.41) is 12.8. The van der Waals surface area contributed by atoms with Gasteiger partial charge in [-0.15, -0.1) is 0 Å². The van der Waals surface area contributed by atoms with E-state index in [4.69, 9.17) is 9.78 Å². The minimum absolute atomic E-state index is 0.235. The molecule has 0 amide bonds. The second kappa shape index (κ2) is 4.46. The smallest absolute Gasteiger partial charge is 0.229 e. The van der Waals surface area contributed by atoms with Crippen LogP contribution in [0.3, 0.4) is 0 Å². The molecule has 2 fully saturated rings. The molecule has 17 heavy (non-hydrogen) atoms. The van der Waals surface area contributed by atoms with Gasteiger partial charge in [-0.2, -0.15) is 10.2 Å². The Morgan fingerprint density at radius 2 is 2.06 bits per heavy atom. The molecule has 1 aliphatic carbocycles. The highest BCUT2D eigenvalue weighted by molar-refractivity contribution is 5.01. The molecule has 5 heteroatoms. The first-order valence-electron chi connectivity index (χ1n) is 6.29. The standard InChI is InChI=1S/C12H16N4O/c13-7-9-3-5-16(6-4-9)8-11-14-12(17-15-11)10-1-2-10/h9-10H,1-6,8H2. The lowest BCUT2D eigenvalue weighted by molar-refractivity contribution is 0.191. The van der Waals surface area contributed by atoms with Crippen molar-refractivity contribution in [3.63, 3.8) is 0 Å². The lowest BCUT2D eigenvalue weighted by atomic mass is 9.99. The number of piperidine rings is 1. The molecule has 0 bridgehead atoms. The largest absolute Gasteiger partial charge is 0.339 e. The first-order valence-corrected chi connectivity index (χ1v) is 6.29. The second-order valence-electron chi connectivity index (χ2n) is 5.00. The van der Waals surface area contributed by atoms with E-state index in [1.54, 1.807) is 0 Å². The number of nitrogens with zero attached hydrogens (tertiary/aromatic N) is 4. The van der Waals surface area contributed by atoms with Gasteiger partial charge in [0.15, 0.2) is 5.82 Å². The summed E-state index contributed by atoms with van der Waals surface area (Å²) in [7, 11) is 0. The Morgan fingerprint density at radius 3 is 2.71 bits per heavy atom. The fourth-order valence-corrected chi connectivity index (χ4v) is 2.25. The molecular weight excluding hydrogens is 216 g/mol. The predicted molar refractivity (Wildman–Crippen MR) is 59.9 cm³/mol. The highest BCUT2D eigenvalue weighted by Gasteiger charge is 2.30. The van der Waals surface area contributed by atoms with Crippen molar-refractivity contribution >= 4 is 0 Å². The van der Waals surface area contributed by atoms with Crippen LogP contribution in [0.15, 0.2) is 4.52 Å². The van der Waals surface area contributed by atoms with E-state index in [1.165, 1.54) is 12.8 Å². The first kappa shape index (κ1) is 10.7. The predicted octanol–water partition coefficient (Wildman–Crippen LogP) is 1.68. The molecule has 1 aliphatic heterocycles. The molecule has 1 aromatic heterocycles. The van der Waals surface area contributed by atoms with Crippen molar-refractivity contribution in [3.8, 4) is 6.07 Å². The molecule has 1 saturated carbocycles. The van der Waals surface area contributed by atoms with Crippen LogP contribution in [0.5, 0.6) is 0 Å². The molecule has 0 unspecified atom stereocenters. The van der Waals surface area contributed by atoms with Gasteiger partial charge in [-0.3, -0.25) is 4.90 Å². The summed E-state index contributed by atoms with van der Waals surface area (Å²) in [6.07, 6.45) is 4.30. The van der Waals surface area contributed by atoms with Gasteiger partial charge >= 0.3 is 0 Å². The average Bonchev–Trinajstić information content (AvgIpc) is 3.12. The van der Waals surface area contributed by atoms with Crippen LogP contribution >= 0.6 is 0 Å². The van der Waals surface area contributed by atoms with E-state index in [0.717, 1.165) is 44.2 Å². The van der Waals surface area contributed by atoms with Gasteiger partial charge in [0, 0.05) is 11.8 Å². The van der Waals surface area contributed by atoms with E-state index < -0.39 is 0 Å². The van der Waals surface area contributed by atoms with E-state index in [-0.39, 0.29) is 5.92 Å². The van der Waals surface area contributed by atoms with Gasteiger partial charge in [-0.1, -0.05) is 5.16 Å². The lowest BCUT2D eigenvalue weighted by Gasteiger charge is -2.27. The Kier molecular flexibility index (Phi) is 2.81. The topological polar surface area (TPSA) is 66.0 Å². The molecule has 5 nitrogen and oxygen atoms in total. The van der Waals surface area contributed by atoms with Gasteiger partial charge in [0.1, 0.15) is 0 Å². The molecule has 0 aromatic carbocycles. The Hall–Kier alpha value is -1.41. The summed E-state index contributed by atoms with van der Waals surface area (Å²) in [6.45, 7) is 2.69. The van der Waals surface area contributed by atoms with Gasteiger partial charge in [0.2, 0.25) is 5.89 Å². The van der Waals surface area contributed by atoms with Crippen molar-refractivity contribution in [3.05, 3.63) is 11.7 Å². The molecule has 1 saturated heterocycles. The first-order chi connectivity index (χ1) is 8.35.